The number of thioether (sulfide) groups is 1. The average Bonchev–Trinajstić information content (AvgIpc) is 2.89. The highest BCUT2D eigenvalue weighted by Gasteiger charge is 2.22. The van der Waals surface area contributed by atoms with Gasteiger partial charge < -0.3 is 5.32 Å². The molecule has 3 aromatic carbocycles. The summed E-state index contributed by atoms with van der Waals surface area (Å²) in [5, 5.41) is 28.1. The lowest BCUT2D eigenvalue weighted by atomic mass is 10.2. The molecule has 0 aliphatic rings. The first-order valence-electron chi connectivity index (χ1n) is 10.6. The Balaban J connectivity index is 1.65. The van der Waals surface area contributed by atoms with Crippen molar-refractivity contribution >= 4 is 41.2 Å². The Hall–Kier alpha value is -4.58. The predicted octanol–water partition coefficient (Wildman–Crippen LogP) is 3.69. The maximum atomic E-state index is 12.8. The first kappa shape index (κ1) is 26.0. The van der Waals surface area contributed by atoms with E-state index in [1.807, 2.05) is 30.3 Å². The molecule has 184 valence electrons. The quantitative estimate of drug-likeness (QED) is 0.228. The van der Waals surface area contributed by atoms with Gasteiger partial charge in [0.25, 0.3) is 23.2 Å². The molecule has 1 atom stereocenters. The molecule has 0 unspecified atom stereocenters. The zero-order chi connectivity index (χ0) is 25.9. The lowest BCUT2D eigenvalue weighted by molar-refractivity contribution is -0.385. The van der Waals surface area contributed by atoms with E-state index in [-0.39, 0.29) is 22.7 Å². The van der Waals surface area contributed by atoms with Crippen molar-refractivity contribution in [2.24, 2.45) is 5.10 Å². The van der Waals surface area contributed by atoms with E-state index in [0.29, 0.717) is 11.3 Å². The van der Waals surface area contributed by atoms with Crippen LogP contribution in [0.5, 0.6) is 0 Å². The molecule has 0 aliphatic heterocycles. The number of non-ortho nitro benzene ring substituents is 2. The number of rotatable bonds is 11. The molecule has 0 radical (unpaired) electrons. The normalized spacial score (nSPS) is 11.6. The van der Waals surface area contributed by atoms with E-state index in [0.717, 1.165) is 5.56 Å². The standard InChI is InChI=1S/C24H21N5O6S/c30-23(19-8-12-21(13-9-19)29(34)35)26-22(16-36-15-18-4-2-1-3-5-18)24(31)27-25-14-17-6-10-20(11-7-17)28(32)33/h1-14,22H,15-16H2,(H,26,30)(H,27,31)/t22-/m0/s1. The van der Waals surface area contributed by atoms with Crippen LogP contribution in [0.1, 0.15) is 21.5 Å². The first-order chi connectivity index (χ1) is 17.3. The van der Waals surface area contributed by atoms with Gasteiger partial charge in [-0.25, -0.2) is 5.43 Å². The van der Waals surface area contributed by atoms with Gasteiger partial charge in [0, 0.05) is 41.3 Å². The van der Waals surface area contributed by atoms with Gasteiger partial charge in [0.15, 0.2) is 0 Å². The van der Waals surface area contributed by atoms with Crippen molar-refractivity contribution in [2.75, 3.05) is 5.75 Å². The maximum Gasteiger partial charge on any atom is 0.269 e. The van der Waals surface area contributed by atoms with Crippen LogP contribution in [0.25, 0.3) is 0 Å². The molecule has 0 heterocycles. The highest BCUT2D eigenvalue weighted by atomic mass is 32.2. The summed E-state index contributed by atoms with van der Waals surface area (Å²) in [7, 11) is 0. The van der Waals surface area contributed by atoms with Gasteiger partial charge in [0.2, 0.25) is 0 Å². The summed E-state index contributed by atoms with van der Waals surface area (Å²) in [4.78, 5) is 46.0. The Morgan fingerprint density at radius 3 is 2.06 bits per heavy atom. The average molecular weight is 508 g/mol. The summed E-state index contributed by atoms with van der Waals surface area (Å²) < 4.78 is 0. The van der Waals surface area contributed by atoms with E-state index in [4.69, 9.17) is 0 Å². The van der Waals surface area contributed by atoms with Crippen LogP contribution >= 0.6 is 11.8 Å². The van der Waals surface area contributed by atoms with Gasteiger partial charge in [-0.05, 0) is 35.4 Å². The van der Waals surface area contributed by atoms with Crippen molar-refractivity contribution in [3.8, 4) is 0 Å². The molecule has 0 aliphatic carbocycles. The summed E-state index contributed by atoms with van der Waals surface area (Å²) in [6.07, 6.45) is 1.33. The number of hydrogen-bond acceptors (Lipinski definition) is 8. The Labute approximate surface area is 209 Å². The zero-order valence-electron chi connectivity index (χ0n) is 18.8. The number of hydrogen-bond donors (Lipinski definition) is 2. The van der Waals surface area contributed by atoms with E-state index in [2.05, 4.69) is 15.8 Å². The maximum absolute atomic E-state index is 12.8. The van der Waals surface area contributed by atoms with Gasteiger partial charge in [0.1, 0.15) is 6.04 Å². The topological polar surface area (TPSA) is 157 Å². The number of nitro benzene ring substituents is 2. The van der Waals surface area contributed by atoms with Gasteiger partial charge in [-0.2, -0.15) is 16.9 Å². The number of amides is 2. The fourth-order valence-corrected chi connectivity index (χ4v) is 3.97. The molecule has 0 fully saturated rings. The SMILES string of the molecule is O=C(N[C@@H](CSCc1ccccc1)C(=O)NN=Cc1ccc([N+](=O)[O-])cc1)c1ccc([N+](=O)[O-])cc1. The number of nitrogens with zero attached hydrogens (tertiary/aromatic N) is 3. The van der Waals surface area contributed by atoms with Gasteiger partial charge in [0.05, 0.1) is 16.1 Å². The van der Waals surface area contributed by atoms with Crippen LogP contribution < -0.4 is 10.7 Å². The van der Waals surface area contributed by atoms with E-state index in [1.54, 1.807) is 0 Å². The van der Waals surface area contributed by atoms with E-state index in [1.165, 1.54) is 66.5 Å². The van der Waals surface area contributed by atoms with Crippen LogP contribution in [0.2, 0.25) is 0 Å². The van der Waals surface area contributed by atoms with Gasteiger partial charge in [-0.1, -0.05) is 30.3 Å². The summed E-state index contributed by atoms with van der Waals surface area (Å²) in [6, 6.07) is 19.3. The third-order valence-corrected chi connectivity index (χ3v) is 5.96. The second-order valence-corrected chi connectivity index (χ2v) is 8.44. The number of carbonyl (C=O) groups excluding carboxylic acids is 2. The molecule has 0 saturated carbocycles. The second kappa shape index (κ2) is 12.8. The fraction of sp³-hybridized carbons (Fsp3) is 0.125. The van der Waals surface area contributed by atoms with Crippen LogP contribution in [0.4, 0.5) is 11.4 Å². The molecular formula is C24H21N5O6S. The Morgan fingerprint density at radius 1 is 0.889 bits per heavy atom. The highest BCUT2D eigenvalue weighted by Crippen LogP contribution is 2.15. The van der Waals surface area contributed by atoms with Crippen LogP contribution in [0.15, 0.2) is 84.0 Å². The minimum absolute atomic E-state index is 0.0688. The number of hydrazone groups is 1. The number of benzene rings is 3. The molecule has 0 bridgehead atoms. The lowest BCUT2D eigenvalue weighted by Crippen LogP contribution is -2.47. The molecular weight excluding hydrogens is 486 g/mol. The minimum atomic E-state index is -0.949. The Bertz CT molecular complexity index is 1250. The molecule has 0 saturated heterocycles. The molecule has 3 rings (SSSR count). The predicted molar refractivity (Wildman–Crippen MR) is 136 cm³/mol. The largest absolute Gasteiger partial charge is 0.339 e. The van der Waals surface area contributed by atoms with Crippen LogP contribution in [0, 0.1) is 20.2 Å². The van der Waals surface area contributed by atoms with Crippen molar-refractivity contribution < 1.29 is 19.4 Å². The summed E-state index contributed by atoms with van der Waals surface area (Å²) in [5.41, 5.74) is 3.91. The van der Waals surface area contributed by atoms with Crippen molar-refractivity contribution in [3.05, 3.63) is 116 Å². The van der Waals surface area contributed by atoms with Gasteiger partial charge in [-0.15, -0.1) is 0 Å². The van der Waals surface area contributed by atoms with Gasteiger partial charge in [-0.3, -0.25) is 29.8 Å². The smallest absolute Gasteiger partial charge is 0.269 e. The second-order valence-electron chi connectivity index (χ2n) is 7.41. The minimum Gasteiger partial charge on any atom is -0.339 e. The Kier molecular flexibility index (Phi) is 9.23. The van der Waals surface area contributed by atoms with Crippen molar-refractivity contribution in [1.29, 1.82) is 0 Å². The molecule has 2 N–H and O–H groups in total. The van der Waals surface area contributed by atoms with E-state index < -0.39 is 27.7 Å². The van der Waals surface area contributed by atoms with Crippen LogP contribution in [-0.2, 0) is 10.5 Å². The van der Waals surface area contributed by atoms with Crippen molar-refractivity contribution in [3.63, 3.8) is 0 Å². The lowest BCUT2D eigenvalue weighted by Gasteiger charge is -2.17. The van der Waals surface area contributed by atoms with E-state index >= 15 is 0 Å². The third-order valence-electron chi connectivity index (χ3n) is 4.85. The monoisotopic (exact) mass is 507 g/mol. The molecule has 3 aromatic rings. The number of carbonyl (C=O) groups is 2. The summed E-state index contributed by atoms with van der Waals surface area (Å²) in [6.45, 7) is 0. The van der Waals surface area contributed by atoms with Gasteiger partial charge >= 0.3 is 0 Å². The van der Waals surface area contributed by atoms with Crippen molar-refractivity contribution in [2.45, 2.75) is 11.8 Å². The zero-order valence-corrected chi connectivity index (χ0v) is 19.6. The highest BCUT2D eigenvalue weighted by molar-refractivity contribution is 7.98. The fourth-order valence-electron chi connectivity index (χ4n) is 2.96. The first-order valence-corrected chi connectivity index (χ1v) is 11.7. The molecule has 12 heteroatoms. The molecule has 0 aromatic heterocycles. The number of nitro groups is 2. The number of nitrogens with one attached hydrogen (secondary N) is 2. The van der Waals surface area contributed by atoms with Crippen LogP contribution in [-0.4, -0.2) is 39.7 Å². The van der Waals surface area contributed by atoms with Crippen molar-refractivity contribution in [1.82, 2.24) is 10.7 Å². The molecule has 2 amide bonds. The summed E-state index contributed by atoms with van der Waals surface area (Å²) in [5.74, 6) is -0.273. The molecule has 0 spiro atoms. The summed E-state index contributed by atoms with van der Waals surface area (Å²) >= 11 is 1.44. The van der Waals surface area contributed by atoms with Crippen LogP contribution in [0.3, 0.4) is 0 Å². The Morgan fingerprint density at radius 2 is 1.47 bits per heavy atom. The van der Waals surface area contributed by atoms with E-state index in [9.17, 15) is 29.8 Å². The molecule has 36 heavy (non-hydrogen) atoms. The third kappa shape index (κ3) is 7.74. The molecule has 11 nitrogen and oxygen atoms in total.